The molecule has 2 N–H and O–H groups in total. The highest BCUT2D eigenvalue weighted by Crippen LogP contribution is 2.24. The third-order valence-corrected chi connectivity index (χ3v) is 2.92. The summed E-state index contributed by atoms with van der Waals surface area (Å²) in [5.74, 6) is 0.720. The molecule has 2 aromatic heterocycles. The Kier molecular flexibility index (Phi) is 2.45. The molecule has 5 nitrogen and oxygen atoms in total. The Balaban J connectivity index is 2.31. The molecule has 0 fully saturated rings. The number of aromatic nitrogens is 4. The zero-order valence-corrected chi connectivity index (χ0v) is 10.6. The average Bonchev–Trinajstić information content (AvgIpc) is 2.72. The third-order valence-electron chi connectivity index (χ3n) is 2.92. The number of aryl methyl sites for hydroxylation is 2. The predicted molar refractivity (Wildman–Crippen MR) is 70.1 cm³/mol. The van der Waals surface area contributed by atoms with Crippen LogP contribution in [-0.2, 0) is 0 Å². The van der Waals surface area contributed by atoms with Crippen molar-refractivity contribution in [3.63, 3.8) is 0 Å². The summed E-state index contributed by atoms with van der Waals surface area (Å²) in [5.41, 5.74) is 7.78. The lowest BCUT2D eigenvalue weighted by molar-refractivity contribution is 0.630. The minimum absolute atomic E-state index is 0.357. The minimum Gasteiger partial charge on any atom is -0.399 e. The first-order valence-electron chi connectivity index (χ1n) is 5.81. The summed E-state index contributed by atoms with van der Waals surface area (Å²) < 4.78 is 15.7. The molecule has 0 aliphatic rings. The molecule has 0 saturated heterocycles. The van der Waals surface area contributed by atoms with Crippen LogP contribution in [0.3, 0.4) is 0 Å². The van der Waals surface area contributed by atoms with Gasteiger partial charge in [0.05, 0.1) is 5.56 Å². The van der Waals surface area contributed by atoms with E-state index in [0.717, 1.165) is 5.69 Å². The van der Waals surface area contributed by atoms with Gasteiger partial charge in [0.15, 0.2) is 11.5 Å². The van der Waals surface area contributed by atoms with E-state index >= 15 is 0 Å². The van der Waals surface area contributed by atoms with Gasteiger partial charge in [0.1, 0.15) is 11.6 Å². The maximum atomic E-state index is 14.0. The monoisotopic (exact) mass is 257 g/mol. The molecule has 2 heterocycles. The molecular weight excluding hydrogens is 245 g/mol. The second-order valence-electron chi connectivity index (χ2n) is 4.40. The largest absolute Gasteiger partial charge is 0.399 e. The number of halogens is 1. The lowest BCUT2D eigenvalue weighted by atomic mass is 10.2. The number of hydrogen-bond donors (Lipinski definition) is 1. The van der Waals surface area contributed by atoms with E-state index in [4.69, 9.17) is 5.73 Å². The van der Waals surface area contributed by atoms with E-state index in [0.29, 0.717) is 28.5 Å². The lowest BCUT2D eigenvalue weighted by Gasteiger charge is -2.05. The van der Waals surface area contributed by atoms with Crippen LogP contribution in [-0.4, -0.2) is 19.6 Å². The summed E-state index contributed by atoms with van der Waals surface area (Å²) >= 11 is 0. The summed E-state index contributed by atoms with van der Waals surface area (Å²) in [6.45, 7) is 3.72. The van der Waals surface area contributed by atoms with Gasteiger partial charge < -0.3 is 5.73 Å². The maximum absolute atomic E-state index is 14.0. The molecule has 0 radical (unpaired) electrons. The molecule has 0 atom stereocenters. The van der Waals surface area contributed by atoms with Crippen LogP contribution in [0.2, 0.25) is 0 Å². The number of benzene rings is 1. The van der Waals surface area contributed by atoms with Gasteiger partial charge in [0.2, 0.25) is 0 Å². The Bertz CT molecular complexity index is 778. The number of fused-ring (bicyclic) bond motifs is 1. The fourth-order valence-electron chi connectivity index (χ4n) is 2.12. The summed E-state index contributed by atoms with van der Waals surface area (Å²) in [4.78, 5) is 4.34. The third kappa shape index (κ3) is 1.81. The van der Waals surface area contributed by atoms with E-state index in [-0.39, 0.29) is 0 Å². The molecule has 0 aliphatic heterocycles. The SMILES string of the molecule is Cc1cc2nnc(-c3ccc(N)cc3F)n2c(C)n1. The maximum Gasteiger partial charge on any atom is 0.172 e. The van der Waals surface area contributed by atoms with Gasteiger partial charge in [0, 0.05) is 17.4 Å². The van der Waals surface area contributed by atoms with Crippen molar-refractivity contribution in [2.45, 2.75) is 13.8 Å². The van der Waals surface area contributed by atoms with Gasteiger partial charge in [-0.1, -0.05) is 0 Å². The summed E-state index contributed by atoms with van der Waals surface area (Å²) in [6.07, 6.45) is 0. The quantitative estimate of drug-likeness (QED) is 0.678. The number of rotatable bonds is 1. The molecular formula is C13H12FN5. The molecule has 3 aromatic rings. The molecule has 1 aromatic carbocycles. The molecule has 0 amide bonds. The van der Waals surface area contributed by atoms with Crippen molar-refractivity contribution < 1.29 is 4.39 Å². The molecule has 0 bridgehead atoms. The van der Waals surface area contributed by atoms with Gasteiger partial charge >= 0.3 is 0 Å². The van der Waals surface area contributed by atoms with Crippen LogP contribution in [0.15, 0.2) is 24.3 Å². The van der Waals surface area contributed by atoms with Gasteiger partial charge in [-0.3, -0.25) is 4.40 Å². The molecule has 0 aliphatic carbocycles. The van der Waals surface area contributed by atoms with Crippen molar-refractivity contribution in [3.8, 4) is 11.4 Å². The molecule has 0 spiro atoms. The predicted octanol–water partition coefficient (Wildman–Crippen LogP) is 2.13. The van der Waals surface area contributed by atoms with Gasteiger partial charge in [-0.25, -0.2) is 9.37 Å². The number of nitrogen functional groups attached to an aromatic ring is 1. The molecule has 0 unspecified atom stereocenters. The Morgan fingerprint density at radius 3 is 2.68 bits per heavy atom. The van der Waals surface area contributed by atoms with Crippen molar-refractivity contribution in [2.75, 3.05) is 5.73 Å². The molecule has 19 heavy (non-hydrogen) atoms. The first-order chi connectivity index (χ1) is 9.06. The second-order valence-corrected chi connectivity index (χ2v) is 4.40. The van der Waals surface area contributed by atoms with Crippen molar-refractivity contribution >= 4 is 11.3 Å². The van der Waals surface area contributed by atoms with Gasteiger partial charge in [-0.15, -0.1) is 10.2 Å². The van der Waals surface area contributed by atoms with E-state index in [9.17, 15) is 4.39 Å². The van der Waals surface area contributed by atoms with Gasteiger partial charge in [-0.05, 0) is 32.0 Å². The fraction of sp³-hybridized carbons (Fsp3) is 0.154. The number of nitrogens with two attached hydrogens (primary N) is 1. The first kappa shape index (κ1) is 11.6. The summed E-state index contributed by atoms with van der Waals surface area (Å²) in [5, 5.41) is 8.11. The smallest absolute Gasteiger partial charge is 0.172 e. The summed E-state index contributed by atoms with van der Waals surface area (Å²) in [6, 6.07) is 6.31. The molecule has 96 valence electrons. The first-order valence-corrected chi connectivity index (χ1v) is 5.81. The van der Waals surface area contributed by atoms with Crippen molar-refractivity contribution in [1.29, 1.82) is 0 Å². The van der Waals surface area contributed by atoms with Crippen LogP contribution in [0.4, 0.5) is 10.1 Å². The van der Waals surface area contributed by atoms with E-state index in [1.165, 1.54) is 6.07 Å². The molecule has 6 heteroatoms. The van der Waals surface area contributed by atoms with Crippen molar-refractivity contribution in [3.05, 3.63) is 41.6 Å². The van der Waals surface area contributed by atoms with E-state index < -0.39 is 5.82 Å². The van der Waals surface area contributed by atoms with Crippen LogP contribution < -0.4 is 5.73 Å². The Labute approximate surface area is 108 Å². The topological polar surface area (TPSA) is 69.1 Å². The summed E-state index contributed by atoms with van der Waals surface area (Å²) in [7, 11) is 0. The highest BCUT2D eigenvalue weighted by molar-refractivity contribution is 5.63. The zero-order valence-electron chi connectivity index (χ0n) is 10.6. The Hall–Kier alpha value is -2.50. The highest BCUT2D eigenvalue weighted by Gasteiger charge is 2.14. The van der Waals surface area contributed by atoms with E-state index in [1.54, 1.807) is 22.6 Å². The van der Waals surface area contributed by atoms with Crippen LogP contribution in [0.1, 0.15) is 11.5 Å². The molecule has 0 saturated carbocycles. The standard InChI is InChI=1S/C13H12FN5/c1-7-5-12-17-18-13(19(12)8(2)16-7)10-4-3-9(15)6-11(10)14/h3-6H,15H2,1-2H3. The number of hydrogen-bond acceptors (Lipinski definition) is 4. The minimum atomic E-state index is -0.422. The van der Waals surface area contributed by atoms with Gasteiger partial charge in [0.25, 0.3) is 0 Å². The normalized spacial score (nSPS) is 11.1. The van der Waals surface area contributed by atoms with Crippen molar-refractivity contribution in [2.24, 2.45) is 0 Å². The van der Waals surface area contributed by atoms with Crippen LogP contribution >= 0.6 is 0 Å². The lowest BCUT2D eigenvalue weighted by Crippen LogP contribution is -2.00. The van der Waals surface area contributed by atoms with Gasteiger partial charge in [-0.2, -0.15) is 0 Å². The molecule has 3 rings (SSSR count). The highest BCUT2D eigenvalue weighted by atomic mass is 19.1. The van der Waals surface area contributed by atoms with E-state index in [2.05, 4.69) is 15.2 Å². The van der Waals surface area contributed by atoms with E-state index in [1.807, 2.05) is 13.8 Å². The fourth-order valence-corrected chi connectivity index (χ4v) is 2.12. The Morgan fingerprint density at radius 1 is 1.16 bits per heavy atom. The van der Waals surface area contributed by atoms with Crippen molar-refractivity contribution in [1.82, 2.24) is 19.6 Å². The Morgan fingerprint density at radius 2 is 1.95 bits per heavy atom. The van der Waals surface area contributed by atoms with Crippen LogP contribution in [0, 0.1) is 19.7 Å². The number of nitrogens with zero attached hydrogens (tertiary/aromatic N) is 4. The average molecular weight is 257 g/mol. The second kappa shape index (κ2) is 4.01. The van der Waals surface area contributed by atoms with Crippen LogP contribution in [0.5, 0.6) is 0 Å². The van der Waals surface area contributed by atoms with Crippen LogP contribution in [0.25, 0.3) is 17.0 Å². The number of anilines is 1. The zero-order chi connectivity index (χ0) is 13.6.